The van der Waals surface area contributed by atoms with E-state index in [2.05, 4.69) is 25.7 Å². The highest BCUT2D eigenvalue weighted by Gasteiger charge is 2.34. The molecule has 0 aliphatic carbocycles. The summed E-state index contributed by atoms with van der Waals surface area (Å²) in [5, 5.41) is 14.9. The standard InChI is InChI=1S/C20H20FN7O4/c1-11(22)18(29)31-10-14-9-28(19(30)32-14)13-4-5-15(16(21)7-13)12-3-6-17(23-8-12)20(2)24-26-27-25-20/h3-8,11,14H,9-10,22H2,1-2H3/t11-,14+/m0/s1. The number of nitrogens with two attached hydrogens (primary N) is 1. The second-order valence-electron chi connectivity index (χ2n) is 7.53. The van der Waals surface area contributed by atoms with Crippen LogP contribution in [-0.2, 0) is 19.9 Å². The van der Waals surface area contributed by atoms with Crippen molar-refractivity contribution in [2.24, 2.45) is 26.4 Å². The zero-order valence-electron chi connectivity index (χ0n) is 17.3. The van der Waals surface area contributed by atoms with Crippen molar-refractivity contribution in [3.05, 3.63) is 48.0 Å². The van der Waals surface area contributed by atoms with E-state index in [1.165, 1.54) is 24.1 Å². The van der Waals surface area contributed by atoms with Crippen LogP contribution in [-0.4, -0.2) is 42.3 Å². The lowest BCUT2D eigenvalue weighted by Gasteiger charge is -2.15. The molecule has 0 spiro atoms. The average molecular weight is 441 g/mol. The molecule has 166 valence electrons. The number of ether oxygens (including phenoxy) is 2. The van der Waals surface area contributed by atoms with Gasteiger partial charge in [0.25, 0.3) is 0 Å². The Bertz CT molecular complexity index is 1090. The molecule has 2 aliphatic rings. The highest BCUT2D eigenvalue weighted by Crippen LogP contribution is 2.33. The van der Waals surface area contributed by atoms with E-state index in [9.17, 15) is 14.0 Å². The molecule has 1 saturated heterocycles. The molecule has 0 unspecified atom stereocenters. The Labute approximate surface area is 182 Å². The van der Waals surface area contributed by atoms with Gasteiger partial charge < -0.3 is 15.2 Å². The molecule has 4 rings (SSSR count). The summed E-state index contributed by atoms with van der Waals surface area (Å²) in [5.41, 5.74) is 6.15. The van der Waals surface area contributed by atoms with Gasteiger partial charge >= 0.3 is 12.1 Å². The number of aromatic nitrogens is 1. The molecule has 3 heterocycles. The van der Waals surface area contributed by atoms with E-state index >= 15 is 0 Å². The topological polar surface area (TPSA) is 144 Å². The molecule has 0 saturated carbocycles. The van der Waals surface area contributed by atoms with Gasteiger partial charge in [-0.1, -0.05) is 6.07 Å². The van der Waals surface area contributed by atoms with E-state index in [0.717, 1.165) is 0 Å². The minimum Gasteiger partial charge on any atom is -0.461 e. The first-order valence-electron chi connectivity index (χ1n) is 9.78. The molecule has 1 amide bonds. The van der Waals surface area contributed by atoms with E-state index in [4.69, 9.17) is 15.2 Å². The van der Waals surface area contributed by atoms with Gasteiger partial charge in [-0.25, -0.2) is 9.18 Å². The number of pyridine rings is 1. The van der Waals surface area contributed by atoms with Crippen molar-refractivity contribution >= 4 is 17.7 Å². The molecule has 12 heteroatoms. The molecule has 2 aliphatic heterocycles. The van der Waals surface area contributed by atoms with Crippen molar-refractivity contribution < 1.29 is 23.5 Å². The van der Waals surface area contributed by atoms with E-state index in [1.807, 2.05) is 0 Å². The van der Waals surface area contributed by atoms with Gasteiger partial charge in [0.05, 0.1) is 17.9 Å². The predicted molar refractivity (Wildman–Crippen MR) is 109 cm³/mol. The lowest BCUT2D eigenvalue weighted by molar-refractivity contribution is -0.147. The van der Waals surface area contributed by atoms with Gasteiger partial charge in [0.2, 0.25) is 5.66 Å². The highest BCUT2D eigenvalue weighted by molar-refractivity contribution is 5.90. The Morgan fingerprint density at radius 2 is 2.09 bits per heavy atom. The Kier molecular flexibility index (Phi) is 5.61. The fraction of sp³-hybridized carbons (Fsp3) is 0.350. The van der Waals surface area contributed by atoms with Gasteiger partial charge in [-0.15, -0.1) is 10.2 Å². The van der Waals surface area contributed by atoms with Crippen LogP contribution >= 0.6 is 0 Å². The van der Waals surface area contributed by atoms with Crippen LogP contribution in [0.1, 0.15) is 19.5 Å². The number of hydrogen-bond acceptors (Lipinski definition) is 10. The molecule has 2 aromatic rings. The smallest absolute Gasteiger partial charge is 0.414 e. The summed E-state index contributed by atoms with van der Waals surface area (Å²) >= 11 is 0. The van der Waals surface area contributed by atoms with Crippen molar-refractivity contribution in [2.75, 3.05) is 18.1 Å². The number of rotatable bonds is 6. The van der Waals surface area contributed by atoms with Crippen molar-refractivity contribution in [3.8, 4) is 11.1 Å². The predicted octanol–water partition coefficient (Wildman–Crippen LogP) is 3.11. The number of hydrogen-bond donors (Lipinski definition) is 1. The normalized spacial score (nSPS) is 19.8. The molecule has 2 atom stereocenters. The summed E-state index contributed by atoms with van der Waals surface area (Å²) in [5.74, 6) is -1.13. The third-order valence-electron chi connectivity index (χ3n) is 5.00. The van der Waals surface area contributed by atoms with Gasteiger partial charge in [0, 0.05) is 17.3 Å². The molecule has 11 nitrogen and oxygen atoms in total. The Balaban J connectivity index is 1.46. The zero-order valence-corrected chi connectivity index (χ0v) is 17.3. The van der Waals surface area contributed by atoms with Crippen LogP contribution in [0.4, 0.5) is 14.9 Å². The quantitative estimate of drug-likeness (QED) is 0.682. The summed E-state index contributed by atoms with van der Waals surface area (Å²) in [6.07, 6.45) is 0.184. The van der Waals surface area contributed by atoms with Gasteiger partial charge in [0.1, 0.15) is 18.5 Å². The number of carbonyl (C=O) groups is 2. The molecular formula is C20H20FN7O4. The van der Waals surface area contributed by atoms with Crippen LogP contribution in [0.5, 0.6) is 0 Å². The molecular weight excluding hydrogens is 421 g/mol. The Morgan fingerprint density at radius 3 is 2.72 bits per heavy atom. The Hall–Kier alpha value is -3.80. The molecule has 32 heavy (non-hydrogen) atoms. The first kappa shape index (κ1) is 21.4. The SMILES string of the molecule is C[C@H](N)C(=O)OC[C@H]1CN(c2ccc(-c3ccc(C4(C)N=NN=N4)nc3)c(F)c2)C(=O)O1. The van der Waals surface area contributed by atoms with Gasteiger partial charge in [-0.3, -0.25) is 14.7 Å². The minimum atomic E-state index is -0.982. The van der Waals surface area contributed by atoms with Gasteiger partial charge in [-0.05, 0) is 48.6 Å². The first-order valence-corrected chi connectivity index (χ1v) is 9.78. The third-order valence-corrected chi connectivity index (χ3v) is 5.00. The number of anilines is 1. The highest BCUT2D eigenvalue weighted by atomic mass is 19.1. The van der Waals surface area contributed by atoms with E-state index < -0.39 is 35.7 Å². The summed E-state index contributed by atoms with van der Waals surface area (Å²) in [4.78, 5) is 29.3. The van der Waals surface area contributed by atoms with Crippen molar-refractivity contribution in [1.82, 2.24) is 4.98 Å². The molecule has 1 aromatic heterocycles. The minimum absolute atomic E-state index is 0.113. The van der Waals surface area contributed by atoms with E-state index in [0.29, 0.717) is 22.5 Å². The molecule has 2 N–H and O–H groups in total. The fourth-order valence-electron chi connectivity index (χ4n) is 3.20. The largest absolute Gasteiger partial charge is 0.461 e. The van der Waals surface area contributed by atoms with Crippen molar-refractivity contribution in [3.63, 3.8) is 0 Å². The fourth-order valence-corrected chi connectivity index (χ4v) is 3.20. The Morgan fingerprint density at radius 1 is 1.34 bits per heavy atom. The second kappa shape index (κ2) is 8.38. The average Bonchev–Trinajstić information content (AvgIpc) is 3.38. The van der Waals surface area contributed by atoms with Crippen LogP contribution in [0, 0.1) is 5.82 Å². The number of amides is 1. The van der Waals surface area contributed by atoms with Crippen molar-refractivity contribution in [1.29, 1.82) is 0 Å². The number of nitrogens with zero attached hydrogens (tertiary/aromatic N) is 6. The lowest BCUT2D eigenvalue weighted by Crippen LogP contribution is -2.32. The lowest BCUT2D eigenvalue weighted by atomic mass is 10.0. The zero-order chi connectivity index (χ0) is 22.9. The second-order valence-corrected chi connectivity index (χ2v) is 7.53. The number of halogens is 1. The van der Waals surface area contributed by atoms with Gasteiger partial charge in [0.15, 0.2) is 6.10 Å². The van der Waals surface area contributed by atoms with Crippen LogP contribution < -0.4 is 10.6 Å². The van der Waals surface area contributed by atoms with Crippen LogP contribution in [0.3, 0.4) is 0 Å². The van der Waals surface area contributed by atoms with Crippen LogP contribution in [0.2, 0.25) is 0 Å². The molecule has 1 fully saturated rings. The summed E-state index contributed by atoms with van der Waals surface area (Å²) in [6, 6.07) is 6.99. The maximum Gasteiger partial charge on any atom is 0.414 e. The maximum atomic E-state index is 14.9. The molecule has 0 bridgehead atoms. The monoisotopic (exact) mass is 441 g/mol. The van der Waals surface area contributed by atoms with Gasteiger partial charge in [-0.2, -0.15) is 0 Å². The van der Waals surface area contributed by atoms with Crippen LogP contribution in [0.15, 0.2) is 57.2 Å². The first-order chi connectivity index (χ1) is 15.3. The number of cyclic esters (lactones) is 1. The third kappa shape index (κ3) is 4.17. The van der Waals surface area contributed by atoms with E-state index in [-0.39, 0.29) is 13.2 Å². The maximum absolute atomic E-state index is 14.9. The molecule has 1 aromatic carbocycles. The number of esters is 1. The summed E-state index contributed by atoms with van der Waals surface area (Å²) in [6.45, 7) is 3.19. The van der Waals surface area contributed by atoms with Crippen molar-refractivity contribution in [2.45, 2.75) is 31.7 Å². The molecule has 0 radical (unpaired) electrons. The van der Waals surface area contributed by atoms with E-state index in [1.54, 1.807) is 31.2 Å². The van der Waals surface area contributed by atoms with Crippen LogP contribution in [0.25, 0.3) is 11.1 Å². The summed E-state index contributed by atoms with van der Waals surface area (Å²) in [7, 11) is 0. The summed E-state index contributed by atoms with van der Waals surface area (Å²) < 4.78 is 25.1. The number of carbonyl (C=O) groups excluding carboxylic acids is 2. The number of benzene rings is 1.